The van der Waals surface area contributed by atoms with Crippen molar-refractivity contribution >= 4 is 21.7 Å². The van der Waals surface area contributed by atoms with Gasteiger partial charge in [0.2, 0.25) is 0 Å². The Balaban J connectivity index is 1.85. The summed E-state index contributed by atoms with van der Waals surface area (Å²) in [6, 6.07) is 7.99. The van der Waals surface area contributed by atoms with E-state index in [0.717, 1.165) is 23.1 Å². The third-order valence-electron chi connectivity index (χ3n) is 4.03. The van der Waals surface area contributed by atoms with Crippen LogP contribution in [0.25, 0.3) is 0 Å². The Labute approximate surface area is 124 Å². The van der Waals surface area contributed by atoms with Gasteiger partial charge < -0.3 is 5.32 Å². The molecule has 0 amide bonds. The van der Waals surface area contributed by atoms with Crippen LogP contribution in [0.4, 0.5) is 0 Å². The van der Waals surface area contributed by atoms with E-state index in [9.17, 15) is 4.79 Å². The molecule has 1 aromatic carbocycles. The highest BCUT2D eigenvalue weighted by Crippen LogP contribution is 2.24. The Morgan fingerprint density at radius 1 is 1.47 bits per heavy atom. The van der Waals surface area contributed by atoms with E-state index in [2.05, 4.69) is 28.2 Å². The Hall–Kier alpha value is -0.670. The highest BCUT2D eigenvalue weighted by molar-refractivity contribution is 9.10. The molecule has 2 unspecified atom stereocenters. The molecule has 1 aliphatic rings. The Morgan fingerprint density at radius 3 is 2.95 bits per heavy atom. The van der Waals surface area contributed by atoms with E-state index < -0.39 is 0 Å². The van der Waals surface area contributed by atoms with E-state index in [1.54, 1.807) is 0 Å². The van der Waals surface area contributed by atoms with Crippen LogP contribution in [0.3, 0.4) is 0 Å². The van der Waals surface area contributed by atoms with E-state index in [-0.39, 0.29) is 0 Å². The summed E-state index contributed by atoms with van der Waals surface area (Å²) in [6.45, 7) is 4.42. The first-order chi connectivity index (χ1) is 9.16. The molecule has 2 rings (SSSR count). The largest absolute Gasteiger partial charge is 0.316 e. The molecule has 1 N–H and O–H groups in total. The van der Waals surface area contributed by atoms with E-state index in [1.807, 2.05) is 24.3 Å². The molecule has 0 bridgehead atoms. The molecule has 1 saturated heterocycles. The normalized spacial score (nSPS) is 21.1. The lowest BCUT2D eigenvalue weighted by molar-refractivity contribution is -0.119. The van der Waals surface area contributed by atoms with Crippen molar-refractivity contribution in [3.05, 3.63) is 34.3 Å². The third-order valence-corrected chi connectivity index (χ3v) is 4.81. The zero-order chi connectivity index (χ0) is 13.7. The lowest BCUT2D eigenvalue weighted by atomic mass is 9.84. The van der Waals surface area contributed by atoms with Crippen molar-refractivity contribution in [1.82, 2.24) is 5.32 Å². The topological polar surface area (TPSA) is 29.1 Å². The molecule has 1 fully saturated rings. The number of halogens is 1. The number of hydrogen-bond acceptors (Lipinski definition) is 2. The van der Waals surface area contributed by atoms with Crippen LogP contribution in [0.5, 0.6) is 0 Å². The Bertz CT molecular complexity index is 427. The molecule has 3 heteroatoms. The van der Waals surface area contributed by atoms with Crippen molar-refractivity contribution in [1.29, 1.82) is 0 Å². The molecule has 1 aliphatic heterocycles. The maximum Gasteiger partial charge on any atom is 0.137 e. The van der Waals surface area contributed by atoms with Gasteiger partial charge in [0.15, 0.2) is 0 Å². The number of nitrogens with one attached hydrogen (secondary N) is 1. The van der Waals surface area contributed by atoms with Gasteiger partial charge >= 0.3 is 0 Å². The van der Waals surface area contributed by atoms with Crippen LogP contribution in [-0.2, 0) is 11.2 Å². The number of carbonyl (C=O) groups excluding carboxylic acids is 1. The molecule has 0 radical (unpaired) electrons. The molecule has 19 heavy (non-hydrogen) atoms. The third kappa shape index (κ3) is 4.43. The molecule has 0 aliphatic carbocycles. The predicted octanol–water partition coefficient (Wildman–Crippen LogP) is 3.59. The summed E-state index contributed by atoms with van der Waals surface area (Å²) in [5, 5.41) is 3.43. The van der Waals surface area contributed by atoms with Crippen LogP contribution in [0.15, 0.2) is 28.7 Å². The minimum absolute atomic E-state index is 0.352. The second-order valence-electron chi connectivity index (χ2n) is 5.59. The highest BCUT2D eigenvalue weighted by atomic mass is 79.9. The van der Waals surface area contributed by atoms with Gasteiger partial charge in [-0.05, 0) is 49.4 Å². The molecule has 104 valence electrons. The lowest BCUT2D eigenvalue weighted by Crippen LogP contribution is -2.34. The molecule has 1 aromatic rings. The summed E-state index contributed by atoms with van der Waals surface area (Å²) in [5.74, 6) is 1.50. The smallest absolute Gasteiger partial charge is 0.137 e. The number of ketones is 1. The first-order valence-corrected chi connectivity index (χ1v) is 7.92. The number of rotatable bonds is 5. The van der Waals surface area contributed by atoms with Gasteiger partial charge in [-0.2, -0.15) is 0 Å². The number of piperidine rings is 1. The Kier molecular flexibility index (Phi) is 5.59. The summed E-state index contributed by atoms with van der Waals surface area (Å²) in [5.41, 5.74) is 1.10. The predicted molar refractivity (Wildman–Crippen MR) is 82.2 cm³/mol. The van der Waals surface area contributed by atoms with Crippen LogP contribution in [-0.4, -0.2) is 18.9 Å². The standard InChI is InChI=1S/C16H22BrNO/c1-12(14-6-4-8-18-11-14)9-15(19)10-13-5-2-3-7-16(13)17/h2-3,5,7,12,14,18H,4,6,8-11H2,1H3. The summed E-state index contributed by atoms with van der Waals surface area (Å²) in [7, 11) is 0. The molecular formula is C16H22BrNO. The van der Waals surface area contributed by atoms with Gasteiger partial charge in [0.05, 0.1) is 0 Å². The van der Waals surface area contributed by atoms with Crippen molar-refractivity contribution in [2.45, 2.75) is 32.6 Å². The Morgan fingerprint density at radius 2 is 2.26 bits per heavy atom. The molecule has 2 atom stereocenters. The second kappa shape index (κ2) is 7.20. The molecular weight excluding hydrogens is 302 g/mol. The van der Waals surface area contributed by atoms with E-state index in [1.165, 1.54) is 12.8 Å². The molecule has 0 spiro atoms. The summed E-state index contributed by atoms with van der Waals surface area (Å²) < 4.78 is 1.04. The van der Waals surface area contributed by atoms with Crippen molar-refractivity contribution in [2.75, 3.05) is 13.1 Å². The van der Waals surface area contributed by atoms with Crippen molar-refractivity contribution in [3.8, 4) is 0 Å². The fourth-order valence-electron chi connectivity index (χ4n) is 2.82. The maximum absolute atomic E-state index is 12.2. The minimum Gasteiger partial charge on any atom is -0.316 e. The zero-order valence-corrected chi connectivity index (χ0v) is 13.1. The summed E-state index contributed by atoms with van der Waals surface area (Å²) >= 11 is 3.51. The van der Waals surface area contributed by atoms with Gasteiger partial charge in [-0.3, -0.25) is 4.79 Å². The summed E-state index contributed by atoms with van der Waals surface area (Å²) in [6.07, 6.45) is 3.75. The molecule has 0 aromatic heterocycles. The van der Waals surface area contributed by atoms with Crippen LogP contribution >= 0.6 is 15.9 Å². The van der Waals surface area contributed by atoms with Gasteiger partial charge in [-0.1, -0.05) is 41.1 Å². The average Bonchev–Trinajstić information content (AvgIpc) is 2.42. The zero-order valence-electron chi connectivity index (χ0n) is 11.5. The van der Waals surface area contributed by atoms with Crippen molar-refractivity contribution < 1.29 is 4.79 Å². The van der Waals surface area contributed by atoms with Crippen molar-refractivity contribution in [3.63, 3.8) is 0 Å². The summed E-state index contributed by atoms with van der Waals surface area (Å²) in [4.78, 5) is 12.2. The van der Waals surface area contributed by atoms with Gasteiger partial charge in [0.25, 0.3) is 0 Å². The molecule has 0 saturated carbocycles. The van der Waals surface area contributed by atoms with Crippen LogP contribution in [0.2, 0.25) is 0 Å². The van der Waals surface area contributed by atoms with Crippen LogP contribution < -0.4 is 5.32 Å². The van der Waals surface area contributed by atoms with Gasteiger partial charge in [0.1, 0.15) is 5.78 Å². The highest BCUT2D eigenvalue weighted by Gasteiger charge is 2.22. The fourth-order valence-corrected chi connectivity index (χ4v) is 3.24. The van der Waals surface area contributed by atoms with Crippen molar-refractivity contribution in [2.24, 2.45) is 11.8 Å². The van der Waals surface area contributed by atoms with Gasteiger partial charge in [0, 0.05) is 17.3 Å². The lowest BCUT2D eigenvalue weighted by Gasteiger charge is -2.28. The fraction of sp³-hybridized carbons (Fsp3) is 0.562. The number of benzene rings is 1. The number of hydrogen-bond donors (Lipinski definition) is 1. The van der Waals surface area contributed by atoms with Gasteiger partial charge in [-0.15, -0.1) is 0 Å². The minimum atomic E-state index is 0.352. The second-order valence-corrected chi connectivity index (χ2v) is 6.45. The van der Waals surface area contributed by atoms with Crippen LogP contribution in [0, 0.1) is 11.8 Å². The SMILES string of the molecule is CC(CC(=O)Cc1ccccc1Br)C1CCCNC1. The maximum atomic E-state index is 12.2. The monoisotopic (exact) mass is 323 g/mol. The first kappa shape index (κ1) is 14.7. The number of carbonyl (C=O) groups is 1. The van der Waals surface area contributed by atoms with E-state index >= 15 is 0 Å². The molecule has 2 nitrogen and oxygen atoms in total. The van der Waals surface area contributed by atoms with E-state index in [4.69, 9.17) is 0 Å². The van der Waals surface area contributed by atoms with Gasteiger partial charge in [-0.25, -0.2) is 0 Å². The number of Topliss-reactive ketones (excluding diaryl/α,β-unsaturated/α-hetero) is 1. The average molecular weight is 324 g/mol. The van der Waals surface area contributed by atoms with Crippen LogP contribution in [0.1, 0.15) is 31.7 Å². The quantitative estimate of drug-likeness (QED) is 0.897. The molecule has 1 heterocycles. The first-order valence-electron chi connectivity index (χ1n) is 7.12. The van der Waals surface area contributed by atoms with E-state index in [0.29, 0.717) is 30.5 Å².